The third-order valence-corrected chi connectivity index (χ3v) is 6.76. The van der Waals surface area contributed by atoms with Crippen molar-refractivity contribution in [2.24, 2.45) is 17.8 Å². The number of aliphatic hydroxyl groups is 1. The number of anilines is 2. The maximum Gasteiger partial charge on any atom is 0.255 e. The minimum absolute atomic E-state index is 0.129. The summed E-state index contributed by atoms with van der Waals surface area (Å²) in [7, 11) is 0. The Morgan fingerprint density at radius 3 is 2.22 bits per heavy atom. The smallest absolute Gasteiger partial charge is 0.255 e. The average Bonchev–Trinajstić information content (AvgIpc) is 3.61. The summed E-state index contributed by atoms with van der Waals surface area (Å²) in [5.74, 6) is -5.33. The van der Waals surface area contributed by atoms with Crippen LogP contribution in [0.2, 0.25) is 5.02 Å². The number of hydrogen-bond donors (Lipinski definition) is 3. The Hall–Kier alpha value is -4.02. The van der Waals surface area contributed by atoms with Crippen LogP contribution in [-0.4, -0.2) is 51.5 Å². The molecule has 3 aromatic rings. The van der Waals surface area contributed by atoms with Crippen molar-refractivity contribution in [3.63, 3.8) is 0 Å². The van der Waals surface area contributed by atoms with Gasteiger partial charge in [-0.25, -0.2) is 4.39 Å². The van der Waals surface area contributed by atoms with Crippen molar-refractivity contribution in [2.75, 3.05) is 23.7 Å². The number of halogens is 2. The summed E-state index contributed by atoms with van der Waals surface area (Å²) in [6, 6.07) is 14.8. The van der Waals surface area contributed by atoms with Crippen LogP contribution in [0, 0.1) is 23.6 Å². The summed E-state index contributed by atoms with van der Waals surface area (Å²) in [4.78, 5) is 52.4. The molecule has 2 fully saturated rings. The molecule has 1 aromatic heterocycles. The molecule has 3 unspecified atom stereocenters. The van der Waals surface area contributed by atoms with Gasteiger partial charge >= 0.3 is 0 Å². The number of carbonyl (C=O) groups excluding carboxylic acids is 3. The molecule has 2 aromatic carbocycles. The second-order valence-corrected chi connectivity index (χ2v) is 9.47. The molecule has 3 N–H and O–H groups in total. The van der Waals surface area contributed by atoms with E-state index in [1.165, 1.54) is 33.9 Å². The maximum absolute atomic E-state index is 14.9. The quantitative estimate of drug-likeness (QED) is 0.457. The highest BCUT2D eigenvalue weighted by Crippen LogP contribution is 2.49. The van der Waals surface area contributed by atoms with Crippen molar-refractivity contribution in [2.45, 2.75) is 6.10 Å². The monoisotopic (exact) mass is 524 g/mol. The van der Waals surface area contributed by atoms with Gasteiger partial charge in [-0.3, -0.25) is 23.7 Å². The Morgan fingerprint density at radius 1 is 0.919 bits per heavy atom. The van der Waals surface area contributed by atoms with E-state index >= 15 is 0 Å². The van der Waals surface area contributed by atoms with Crippen LogP contribution in [0.3, 0.4) is 0 Å². The van der Waals surface area contributed by atoms with Crippen molar-refractivity contribution in [1.82, 2.24) is 9.47 Å². The third kappa shape index (κ3) is 4.98. The molecule has 2 heterocycles. The summed E-state index contributed by atoms with van der Waals surface area (Å²) in [6.07, 6.45) is 0.855. The molecule has 0 bridgehead atoms. The van der Waals surface area contributed by atoms with Crippen molar-refractivity contribution in [1.29, 1.82) is 0 Å². The fraction of sp³-hybridized carbons (Fsp3) is 0.231. The molecule has 3 atom stereocenters. The Morgan fingerprint density at radius 2 is 1.59 bits per heavy atom. The largest absolute Gasteiger partial charge is 0.389 e. The number of β-amino-alcohol motifs (C(OH)–C–C–N with tert-alkyl or cyclic N) is 1. The van der Waals surface area contributed by atoms with E-state index in [1.54, 1.807) is 36.4 Å². The Bertz CT molecular complexity index is 1440. The van der Waals surface area contributed by atoms with E-state index < -0.39 is 47.4 Å². The van der Waals surface area contributed by atoms with Gasteiger partial charge in [0.2, 0.25) is 17.7 Å². The summed E-state index contributed by atoms with van der Waals surface area (Å²) >= 11 is 5.88. The second-order valence-electron chi connectivity index (χ2n) is 9.03. The number of nitrogens with zero attached hydrogens (tertiary/aromatic N) is 2. The molecule has 1 saturated carbocycles. The fourth-order valence-corrected chi connectivity index (χ4v) is 4.61. The van der Waals surface area contributed by atoms with Gasteiger partial charge in [-0.1, -0.05) is 17.7 Å². The summed E-state index contributed by atoms with van der Waals surface area (Å²) in [6.45, 7) is 0.258. The molecule has 11 heteroatoms. The zero-order valence-corrected chi connectivity index (χ0v) is 20.1. The first-order valence-electron chi connectivity index (χ1n) is 11.5. The van der Waals surface area contributed by atoms with Crippen molar-refractivity contribution in [3.8, 4) is 5.69 Å². The topological polar surface area (TPSA) is 121 Å². The number of pyridine rings is 1. The number of nitrogens with one attached hydrogen (secondary N) is 2. The molecule has 2 aliphatic rings. The first-order chi connectivity index (χ1) is 17.7. The average molecular weight is 525 g/mol. The van der Waals surface area contributed by atoms with Crippen LogP contribution in [0.5, 0.6) is 0 Å². The van der Waals surface area contributed by atoms with Crippen LogP contribution in [0.25, 0.3) is 5.69 Å². The number of carbonyl (C=O) groups is 3. The lowest BCUT2D eigenvalue weighted by Crippen LogP contribution is -2.54. The van der Waals surface area contributed by atoms with Crippen LogP contribution in [0.1, 0.15) is 0 Å². The van der Waals surface area contributed by atoms with Gasteiger partial charge < -0.3 is 20.6 Å². The second kappa shape index (κ2) is 9.79. The van der Waals surface area contributed by atoms with Gasteiger partial charge in [-0.05, 0) is 42.5 Å². The Balaban J connectivity index is 1.33. The predicted octanol–water partition coefficient (Wildman–Crippen LogP) is 2.27. The third-order valence-electron chi connectivity index (χ3n) is 6.51. The highest BCUT2D eigenvalue weighted by Gasteiger charge is 2.64. The van der Waals surface area contributed by atoms with E-state index in [4.69, 9.17) is 11.6 Å². The van der Waals surface area contributed by atoms with Gasteiger partial charge in [-0.15, -0.1) is 0 Å². The van der Waals surface area contributed by atoms with Gasteiger partial charge in [0.05, 0.1) is 35.2 Å². The zero-order chi connectivity index (χ0) is 26.3. The molecule has 3 amide bonds. The van der Waals surface area contributed by atoms with E-state index in [2.05, 4.69) is 10.6 Å². The van der Waals surface area contributed by atoms with E-state index in [0.29, 0.717) is 10.7 Å². The maximum atomic E-state index is 14.9. The summed E-state index contributed by atoms with van der Waals surface area (Å²) < 4.78 is 16.1. The summed E-state index contributed by atoms with van der Waals surface area (Å²) in [5.41, 5.74) is 0.233. The molecular formula is C26H22ClFN4O5. The molecule has 1 aliphatic carbocycles. The molecular weight excluding hydrogens is 503 g/mol. The van der Waals surface area contributed by atoms with Gasteiger partial charge in [0, 0.05) is 42.1 Å². The number of rotatable bonds is 6. The first-order valence-corrected chi connectivity index (χ1v) is 11.9. The highest BCUT2D eigenvalue weighted by atomic mass is 35.5. The van der Waals surface area contributed by atoms with E-state index in [1.807, 2.05) is 0 Å². The molecule has 37 heavy (non-hydrogen) atoms. The SMILES string of the molecule is O=C(Nc1ccc(Cl)cc1)C1C(C(=O)Nc2ccc(-n3ccccc3=O)cc2F)C1C(=O)N1CC(O)C1. The number of aromatic nitrogens is 1. The molecule has 190 valence electrons. The number of hydrogen-bond acceptors (Lipinski definition) is 5. The van der Waals surface area contributed by atoms with E-state index in [-0.39, 0.29) is 30.0 Å². The summed E-state index contributed by atoms with van der Waals surface area (Å²) in [5, 5.41) is 15.2. The van der Waals surface area contributed by atoms with Crippen LogP contribution < -0.4 is 16.2 Å². The van der Waals surface area contributed by atoms with Gasteiger partial charge in [-0.2, -0.15) is 0 Å². The van der Waals surface area contributed by atoms with Crippen molar-refractivity contribution < 1.29 is 23.9 Å². The lowest BCUT2D eigenvalue weighted by atomic mass is 10.1. The predicted molar refractivity (Wildman–Crippen MR) is 134 cm³/mol. The number of aliphatic hydroxyl groups excluding tert-OH is 1. The lowest BCUT2D eigenvalue weighted by Gasteiger charge is -2.36. The fourth-order valence-electron chi connectivity index (χ4n) is 4.49. The number of amides is 3. The molecule has 1 saturated heterocycles. The van der Waals surface area contributed by atoms with Gasteiger partial charge in [0.1, 0.15) is 5.82 Å². The first kappa shape index (κ1) is 24.7. The minimum atomic E-state index is -1.02. The van der Waals surface area contributed by atoms with Crippen molar-refractivity contribution in [3.05, 3.63) is 88.1 Å². The molecule has 1 aliphatic heterocycles. The van der Waals surface area contributed by atoms with Gasteiger partial charge in [0.25, 0.3) is 5.56 Å². The van der Waals surface area contributed by atoms with Crippen LogP contribution in [0.15, 0.2) is 71.7 Å². The van der Waals surface area contributed by atoms with Crippen LogP contribution in [-0.2, 0) is 14.4 Å². The number of likely N-dealkylation sites (tertiary alicyclic amines) is 1. The molecule has 5 rings (SSSR count). The van der Waals surface area contributed by atoms with Crippen molar-refractivity contribution >= 4 is 40.7 Å². The van der Waals surface area contributed by atoms with E-state index in [9.17, 15) is 28.7 Å². The van der Waals surface area contributed by atoms with E-state index in [0.717, 1.165) is 6.07 Å². The highest BCUT2D eigenvalue weighted by molar-refractivity contribution is 6.30. The number of benzene rings is 2. The molecule has 0 radical (unpaired) electrons. The zero-order valence-electron chi connectivity index (χ0n) is 19.3. The van der Waals surface area contributed by atoms with Crippen LogP contribution >= 0.6 is 11.6 Å². The lowest BCUT2D eigenvalue weighted by molar-refractivity contribution is -0.144. The van der Waals surface area contributed by atoms with Gasteiger partial charge in [0.15, 0.2) is 0 Å². The minimum Gasteiger partial charge on any atom is -0.389 e. The Kier molecular flexibility index (Phi) is 6.53. The standard InChI is InChI=1S/C26H22ClFN4O5/c27-14-4-6-15(7-5-14)29-24(35)21-22(23(21)26(37)31-12-17(33)13-31)25(36)30-19-9-8-16(11-18(19)28)32-10-2-1-3-20(32)34/h1-11,17,21-23,33H,12-13H2,(H,29,35)(H,30,36). The normalized spacial score (nSPS) is 20.6. The van der Waals surface area contributed by atoms with Crippen LogP contribution in [0.4, 0.5) is 15.8 Å². The molecule has 0 spiro atoms. The Labute approximate surface area is 215 Å². The molecule has 9 nitrogen and oxygen atoms in total.